The van der Waals surface area contributed by atoms with E-state index in [1.54, 1.807) is 0 Å². The van der Waals surface area contributed by atoms with E-state index in [1.807, 2.05) is 24.3 Å². The van der Waals surface area contributed by atoms with E-state index in [1.165, 1.54) is 0 Å². The van der Waals surface area contributed by atoms with E-state index in [-0.39, 0.29) is 18.1 Å². The molecule has 19 heavy (non-hydrogen) atoms. The fourth-order valence-corrected chi connectivity index (χ4v) is 2.53. The molecule has 1 aliphatic carbocycles. The maximum absolute atomic E-state index is 11.9. The van der Waals surface area contributed by atoms with E-state index in [2.05, 4.69) is 5.32 Å². The van der Waals surface area contributed by atoms with Crippen molar-refractivity contribution in [1.29, 1.82) is 0 Å². The summed E-state index contributed by atoms with van der Waals surface area (Å²) in [6.45, 7) is 0. The van der Waals surface area contributed by atoms with Crippen molar-refractivity contribution in [1.82, 2.24) is 5.32 Å². The van der Waals surface area contributed by atoms with Gasteiger partial charge < -0.3 is 16.2 Å². The number of anilines is 1. The van der Waals surface area contributed by atoms with Crippen LogP contribution in [0.2, 0.25) is 0 Å². The van der Waals surface area contributed by atoms with Crippen LogP contribution in [0.5, 0.6) is 0 Å². The van der Waals surface area contributed by atoms with Crippen LogP contribution in [0.25, 0.3) is 0 Å². The maximum Gasteiger partial charge on any atom is 0.220 e. The number of benzene rings is 1. The zero-order chi connectivity index (χ0) is 13.7. The van der Waals surface area contributed by atoms with Crippen LogP contribution in [-0.4, -0.2) is 23.2 Å². The molecule has 104 valence electrons. The normalized spacial score (nSPS) is 23.0. The average molecular weight is 262 g/mol. The molecule has 4 N–H and O–H groups in total. The summed E-state index contributed by atoms with van der Waals surface area (Å²) in [5, 5.41) is 12.5. The topological polar surface area (TPSA) is 75.4 Å². The quantitative estimate of drug-likeness (QED) is 0.722. The van der Waals surface area contributed by atoms with E-state index in [4.69, 9.17) is 5.73 Å². The van der Waals surface area contributed by atoms with Crippen molar-refractivity contribution >= 4 is 11.6 Å². The van der Waals surface area contributed by atoms with Gasteiger partial charge in [-0.3, -0.25) is 4.79 Å². The van der Waals surface area contributed by atoms with Crippen LogP contribution >= 0.6 is 0 Å². The zero-order valence-corrected chi connectivity index (χ0v) is 11.1. The molecule has 0 spiro atoms. The molecule has 0 atom stereocenters. The van der Waals surface area contributed by atoms with Gasteiger partial charge in [0, 0.05) is 18.2 Å². The summed E-state index contributed by atoms with van der Waals surface area (Å²) in [4.78, 5) is 11.9. The molecule has 0 bridgehead atoms. The summed E-state index contributed by atoms with van der Waals surface area (Å²) < 4.78 is 0. The van der Waals surface area contributed by atoms with Crippen molar-refractivity contribution in [2.24, 2.45) is 0 Å². The Morgan fingerprint density at radius 1 is 1.26 bits per heavy atom. The summed E-state index contributed by atoms with van der Waals surface area (Å²) in [6, 6.07) is 7.87. The Hall–Kier alpha value is -1.55. The fraction of sp³-hybridized carbons (Fsp3) is 0.533. The first-order valence-electron chi connectivity index (χ1n) is 6.96. The summed E-state index contributed by atoms with van der Waals surface area (Å²) in [5.74, 6) is 0.0737. The molecular formula is C15H22N2O2. The second-order valence-electron chi connectivity index (χ2n) is 5.27. The second-order valence-corrected chi connectivity index (χ2v) is 5.27. The van der Waals surface area contributed by atoms with Gasteiger partial charge in [-0.1, -0.05) is 18.2 Å². The molecule has 1 aliphatic rings. The van der Waals surface area contributed by atoms with Crippen molar-refractivity contribution < 1.29 is 9.90 Å². The highest BCUT2D eigenvalue weighted by atomic mass is 16.3. The highest BCUT2D eigenvalue weighted by Crippen LogP contribution is 2.18. The Morgan fingerprint density at radius 3 is 2.63 bits per heavy atom. The summed E-state index contributed by atoms with van der Waals surface area (Å²) in [6.07, 6.45) is 4.28. The first kappa shape index (κ1) is 13.9. The minimum absolute atomic E-state index is 0.0737. The van der Waals surface area contributed by atoms with Crippen LogP contribution in [-0.2, 0) is 11.2 Å². The van der Waals surface area contributed by atoms with Crippen molar-refractivity contribution in [3.05, 3.63) is 29.8 Å². The molecule has 1 fully saturated rings. The van der Waals surface area contributed by atoms with Gasteiger partial charge in [-0.15, -0.1) is 0 Å². The predicted octanol–water partition coefficient (Wildman–Crippen LogP) is 1.62. The number of hydrogen-bond acceptors (Lipinski definition) is 3. The van der Waals surface area contributed by atoms with Gasteiger partial charge in [0.05, 0.1) is 6.10 Å². The Balaban J connectivity index is 1.74. The lowest BCUT2D eigenvalue weighted by Crippen LogP contribution is -2.38. The number of carbonyl (C=O) groups is 1. The third-order valence-corrected chi connectivity index (χ3v) is 3.74. The SMILES string of the molecule is Nc1ccccc1CCC(=O)NC1CCC(O)CC1. The number of nitrogens with two attached hydrogens (primary N) is 1. The highest BCUT2D eigenvalue weighted by molar-refractivity contribution is 5.76. The minimum Gasteiger partial charge on any atom is -0.399 e. The number of amides is 1. The molecule has 1 amide bonds. The zero-order valence-electron chi connectivity index (χ0n) is 11.1. The predicted molar refractivity (Wildman–Crippen MR) is 75.6 cm³/mol. The van der Waals surface area contributed by atoms with Crippen LogP contribution in [0.15, 0.2) is 24.3 Å². The van der Waals surface area contributed by atoms with Gasteiger partial charge in [0.1, 0.15) is 0 Å². The third-order valence-electron chi connectivity index (χ3n) is 3.74. The molecule has 4 heteroatoms. The number of rotatable bonds is 4. The summed E-state index contributed by atoms with van der Waals surface area (Å²) in [5.41, 5.74) is 7.62. The summed E-state index contributed by atoms with van der Waals surface area (Å²) >= 11 is 0. The van der Waals surface area contributed by atoms with Gasteiger partial charge >= 0.3 is 0 Å². The molecule has 4 nitrogen and oxygen atoms in total. The van der Waals surface area contributed by atoms with Gasteiger partial charge in [-0.2, -0.15) is 0 Å². The molecule has 2 rings (SSSR count). The van der Waals surface area contributed by atoms with Gasteiger partial charge in [-0.25, -0.2) is 0 Å². The second kappa shape index (κ2) is 6.57. The van der Waals surface area contributed by atoms with Gasteiger partial charge in [-0.05, 0) is 43.7 Å². The number of aryl methyl sites for hydroxylation is 1. The molecule has 1 aromatic carbocycles. The van der Waals surface area contributed by atoms with Crippen LogP contribution < -0.4 is 11.1 Å². The number of hydrogen-bond donors (Lipinski definition) is 3. The Bertz CT molecular complexity index is 426. The van der Waals surface area contributed by atoms with Crippen LogP contribution in [0.3, 0.4) is 0 Å². The number of carbonyl (C=O) groups excluding carboxylic acids is 1. The van der Waals surface area contributed by atoms with Crippen molar-refractivity contribution in [2.75, 3.05) is 5.73 Å². The van der Waals surface area contributed by atoms with Gasteiger partial charge in [0.2, 0.25) is 5.91 Å². The van der Waals surface area contributed by atoms with E-state index in [0.29, 0.717) is 12.8 Å². The number of nitrogens with one attached hydrogen (secondary N) is 1. The van der Waals surface area contributed by atoms with Gasteiger partial charge in [0.15, 0.2) is 0 Å². The highest BCUT2D eigenvalue weighted by Gasteiger charge is 2.20. The van der Waals surface area contributed by atoms with E-state index in [0.717, 1.165) is 36.9 Å². The lowest BCUT2D eigenvalue weighted by atomic mass is 9.93. The first-order chi connectivity index (χ1) is 9.15. The van der Waals surface area contributed by atoms with Crippen molar-refractivity contribution in [3.8, 4) is 0 Å². The monoisotopic (exact) mass is 262 g/mol. The Labute approximate surface area is 114 Å². The third kappa shape index (κ3) is 4.24. The molecule has 1 saturated carbocycles. The molecule has 0 heterocycles. The lowest BCUT2D eigenvalue weighted by Gasteiger charge is -2.26. The molecule has 0 aliphatic heterocycles. The standard InChI is InChI=1S/C15H22N2O2/c16-14-4-2-1-3-11(14)5-10-15(19)17-12-6-8-13(18)9-7-12/h1-4,12-13,18H,5-10,16H2,(H,17,19). The van der Waals surface area contributed by atoms with E-state index >= 15 is 0 Å². The molecule has 0 aromatic heterocycles. The molecular weight excluding hydrogens is 240 g/mol. The average Bonchev–Trinajstić information content (AvgIpc) is 2.40. The molecule has 0 saturated heterocycles. The number of para-hydroxylation sites is 1. The Kier molecular flexibility index (Phi) is 4.80. The smallest absolute Gasteiger partial charge is 0.220 e. The van der Waals surface area contributed by atoms with Crippen molar-refractivity contribution in [2.45, 2.75) is 50.7 Å². The molecule has 1 aromatic rings. The number of aliphatic hydroxyl groups is 1. The first-order valence-corrected chi connectivity index (χ1v) is 6.96. The van der Waals surface area contributed by atoms with Crippen LogP contribution in [0, 0.1) is 0 Å². The van der Waals surface area contributed by atoms with Crippen LogP contribution in [0.4, 0.5) is 5.69 Å². The van der Waals surface area contributed by atoms with Gasteiger partial charge in [0.25, 0.3) is 0 Å². The largest absolute Gasteiger partial charge is 0.399 e. The van der Waals surface area contributed by atoms with E-state index in [9.17, 15) is 9.90 Å². The molecule has 0 unspecified atom stereocenters. The van der Waals surface area contributed by atoms with Crippen molar-refractivity contribution in [3.63, 3.8) is 0 Å². The number of nitrogen functional groups attached to an aromatic ring is 1. The lowest BCUT2D eigenvalue weighted by molar-refractivity contribution is -0.122. The van der Waals surface area contributed by atoms with E-state index < -0.39 is 0 Å². The van der Waals surface area contributed by atoms with Crippen LogP contribution in [0.1, 0.15) is 37.7 Å². The summed E-state index contributed by atoms with van der Waals surface area (Å²) in [7, 11) is 0. The fourth-order valence-electron chi connectivity index (χ4n) is 2.53. The maximum atomic E-state index is 11.9. The Morgan fingerprint density at radius 2 is 1.95 bits per heavy atom. The number of aliphatic hydroxyl groups excluding tert-OH is 1. The molecule has 0 radical (unpaired) electrons. The minimum atomic E-state index is -0.183.